The lowest BCUT2D eigenvalue weighted by Gasteiger charge is -2.14. The van der Waals surface area contributed by atoms with Crippen LogP contribution in [-0.2, 0) is 14.3 Å². The van der Waals surface area contributed by atoms with Crippen molar-refractivity contribution in [3.05, 3.63) is 30.3 Å². The van der Waals surface area contributed by atoms with Crippen molar-refractivity contribution in [1.29, 1.82) is 0 Å². The van der Waals surface area contributed by atoms with Crippen LogP contribution in [0.25, 0.3) is 0 Å². The van der Waals surface area contributed by atoms with E-state index in [1.165, 1.54) is 0 Å². The van der Waals surface area contributed by atoms with Gasteiger partial charge in [0.25, 0.3) is 5.91 Å². The van der Waals surface area contributed by atoms with Gasteiger partial charge in [0.2, 0.25) is 0 Å². The second kappa shape index (κ2) is 8.10. The van der Waals surface area contributed by atoms with Crippen molar-refractivity contribution in [3.8, 4) is 5.75 Å². The Morgan fingerprint density at radius 3 is 2.63 bits per heavy atom. The summed E-state index contributed by atoms with van der Waals surface area (Å²) in [5.41, 5.74) is 0. The van der Waals surface area contributed by atoms with Crippen molar-refractivity contribution in [2.45, 2.75) is 13.0 Å². The minimum atomic E-state index is -1.04. The summed E-state index contributed by atoms with van der Waals surface area (Å²) in [6.07, 6.45) is -0.623. The zero-order valence-corrected chi connectivity index (χ0v) is 10.7. The third kappa shape index (κ3) is 6.42. The molecule has 0 aliphatic rings. The van der Waals surface area contributed by atoms with Gasteiger partial charge in [-0.2, -0.15) is 0 Å². The number of nitrogens with one attached hydrogen (secondary N) is 1. The van der Waals surface area contributed by atoms with Crippen LogP contribution in [0.1, 0.15) is 6.92 Å². The van der Waals surface area contributed by atoms with Gasteiger partial charge in [0.1, 0.15) is 12.4 Å². The molecule has 19 heavy (non-hydrogen) atoms. The first-order chi connectivity index (χ1) is 9.09. The summed E-state index contributed by atoms with van der Waals surface area (Å²) >= 11 is 0. The van der Waals surface area contributed by atoms with E-state index in [1.54, 1.807) is 19.1 Å². The molecule has 0 fully saturated rings. The molecular formula is C13H17NO5. The Hall–Kier alpha value is -2.08. The van der Waals surface area contributed by atoms with Crippen molar-refractivity contribution in [2.24, 2.45) is 0 Å². The van der Waals surface area contributed by atoms with Gasteiger partial charge >= 0.3 is 5.97 Å². The smallest absolute Gasteiger partial charge is 0.329 e. The summed E-state index contributed by atoms with van der Waals surface area (Å²) in [4.78, 5) is 21.8. The van der Waals surface area contributed by atoms with Crippen molar-refractivity contribution in [1.82, 2.24) is 5.32 Å². The van der Waals surface area contributed by atoms with Gasteiger partial charge in [-0.1, -0.05) is 18.2 Å². The molecule has 104 valence electrons. The third-order valence-corrected chi connectivity index (χ3v) is 2.20. The summed E-state index contributed by atoms with van der Waals surface area (Å²) in [6, 6.07) is 9.02. The highest BCUT2D eigenvalue weighted by Gasteiger charge is 2.13. The summed E-state index contributed by atoms with van der Waals surface area (Å²) in [7, 11) is 0. The van der Waals surface area contributed by atoms with Crippen molar-refractivity contribution in [3.63, 3.8) is 0 Å². The van der Waals surface area contributed by atoms with Crippen LogP contribution in [0.3, 0.4) is 0 Å². The van der Waals surface area contributed by atoms with Gasteiger partial charge in [-0.05, 0) is 19.1 Å². The summed E-state index contributed by atoms with van der Waals surface area (Å²) in [6.45, 7) is 1.66. The molecule has 1 atom stereocenters. The van der Waals surface area contributed by atoms with E-state index < -0.39 is 12.1 Å². The number of hydrogen-bond acceptors (Lipinski definition) is 4. The molecule has 1 amide bonds. The Morgan fingerprint density at radius 2 is 2.00 bits per heavy atom. The molecule has 0 heterocycles. The maximum atomic E-state index is 11.6. The molecule has 0 saturated heterocycles. The molecule has 6 nitrogen and oxygen atoms in total. The number of carbonyl (C=O) groups is 2. The van der Waals surface area contributed by atoms with E-state index in [2.05, 4.69) is 5.32 Å². The quantitative estimate of drug-likeness (QED) is 0.676. The van der Waals surface area contributed by atoms with E-state index in [0.717, 1.165) is 0 Å². The fourth-order valence-electron chi connectivity index (χ4n) is 1.31. The molecular weight excluding hydrogens is 250 g/mol. The topological polar surface area (TPSA) is 84.9 Å². The number of benzene rings is 1. The molecule has 1 aromatic rings. The molecule has 1 aromatic carbocycles. The third-order valence-electron chi connectivity index (χ3n) is 2.20. The lowest BCUT2D eigenvalue weighted by Crippen LogP contribution is -2.38. The SMILES string of the molecule is CC(Oc1ccccc1)C(=O)NCCOCC(=O)O. The van der Waals surface area contributed by atoms with Crippen LogP contribution in [0, 0.1) is 0 Å². The highest BCUT2D eigenvalue weighted by atomic mass is 16.5. The van der Waals surface area contributed by atoms with Crippen LogP contribution in [0.15, 0.2) is 30.3 Å². The fourth-order valence-corrected chi connectivity index (χ4v) is 1.31. The molecule has 1 unspecified atom stereocenters. The van der Waals surface area contributed by atoms with E-state index in [9.17, 15) is 9.59 Å². The number of ether oxygens (including phenoxy) is 2. The van der Waals surface area contributed by atoms with Gasteiger partial charge in [-0.15, -0.1) is 0 Å². The van der Waals surface area contributed by atoms with Gasteiger partial charge in [-0.25, -0.2) is 4.79 Å². The molecule has 6 heteroatoms. The second-order valence-electron chi connectivity index (χ2n) is 3.81. The molecule has 2 N–H and O–H groups in total. The zero-order valence-electron chi connectivity index (χ0n) is 10.7. The Bertz CT molecular complexity index is 407. The van der Waals surface area contributed by atoms with Crippen LogP contribution < -0.4 is 10.1 Å². The summed E-state index contributed by atoms with van der Waals surface area (Å²) < 4.78 is 10.2. The van der Waals surface area contributed by atoms with Crippen molar-refractivity contribution in [2.75, 3.05) is 19.8 Å². The van der Waals surface area contributed by atoms with Crippen molar-refractivity contribution >= 4 is 11.9 Å². The van der Waals surface area contributed by atoms with Crippen molar-refractivity contribution < 1.29 is 24.2 Å². The Kier molecular flexibility index (Phi) is 6.38. The number of carboxylic acids is 1. The molecule has 0 aliphatic carbocycles. The standard InChI is InChI=1S/C13H17NO5/c1-10(19-11-5-3-2-4-6-11)13(17)14-7-8-18-9-12(15)16/h2-6,10H,7-9H2,1H3,(H,14,17)(H,15,16). The average Bonchev–Trinajstić information content (AvgIpc) is 2.38. The van der Waals surface area contributed by atoms with Gasteiger partial charge in [0.05, 0.1) is 6.61 Å². The Balaban J connectivity index is 2.20. The predicted molar refractivity (Wildman–Crippen MR) is 68.0 cm³/mol. The van der Waals surface area contributed by atoms with Crippen LogP contribution in [-0.4, -0.2) is 42.8 Å². The van der Waals surface area contributed by atoms with E-state index in [0.29, 0.717) is 5.75 Å². The van der Waals surface area contributed by atoms with Crippen LogP contribution >= 0.6 is 0 Å². The minimum absolute atomic E-state index is 0.149. The monoisotopic (exact) mass is 267 g/mol. The molecule has 0 bridgehead atoms. The predicted octanol–water partition coefficient (Wildman–Crippen LogP) is 0.671. The number of carbonyl (C=O) groups excluding carboxylic acids is 1. The Labute approximate surface area is 111 Å². The fraction of sp³-hybridized carbons (Fsp3) is 0.385. The van der Waals surface area contributed by atoms with E-state index in [4.69, 9.17) is 14.6 Å². The highest BCUT2D eigenvalue weighted by molar-refractivity contribution is 5.80. The first-order valence-corrected chi connectivity index (χ1v) is 5.88. The maximum absolute atomic E-state index is 11.6. The molecule has 1 rings (SSSR count). The average molecular weight is 267 g/mol. The zero-order chi connectivity index (χ0) is 14.1. The van der Waals surface area contributed by atoms with Crippen LogP contribution in [0.2, 0.25) is 0 Å². The van der Waals surface area contributed by atoms with Gasteiger partial charge in [0, 0.05) is 6.54 Å². The number of rotatable bonds is 8. The molecule has 0 aliphatic heterocycles. The molecule has 0 spiro atoms. The lowest BCUT2D eigenvalue weighted by atomic mass is 10.3. The van der Waals surface area contributed by atoms with Gasteiger partial charge < -0.3 is 19.9 Å². The number of amides is 1. The largest absolute Gasteiger partial charge is 0.481 e. The molecule has 0 saturated carbocycles. The normalized spacial score (nSPS) is 11.6. The first-order valence-electron chi connectivity index (χ1n) is 5.88. The lowest BCUT2D eigenvalue weighted by molar-refractivity contribution is -0.142. The Morgan fingerprint density at radius 1 is 1.32 bits per heavy atom. The number of aliphatic carboxylic acids is 1. The minimum Gasteiger partial charge on any atom is -0.481 e. The summed E-state index contributed by atoms with van der Waals surface area (Å²) in [5, 5.41) is 10.9. The van der Waals surface area contributed by atoms with Crippen LogP contribution in [0.4, 0.5) is 0 Å². The van der Waals surface area contributed by atoms with E-state index in [1.807, 2.05) is 18.2 Å². The van der Waals surface area contributed by atoms with Gasteiger partial charge in [-0.3, -0.25) is 4.79 Å². The van der Waals surface area contributed by atoms with E-state index in [-0.39, 0.29) is 25.7 Å². The number of hydrogen-bond donors (Lipinski definition) is 2. The first kappa shape index (κ1) is 15.0. The van der Waals surface area contributed by atoms with Crippen LogP contribution in [0.5, 0.6) is 5.75 Å². The molecule has 0 radical (unpaired) electrons. The number of para-hydroxylation sites is 1. The van der Waals surface area contributed by atoms with E-state index >= 15 is 0 Å². The second-order valence-corrected chi connectivity index (χ2v) is 3.81. The number of carboxylic acid groups (broad SMARTS) is 1. The highest BCUT2D eigenvalue weighted by Crippen LogP contribution is 2.10. The summed E-state index contributed by atoms with van der Waals surface area (Å²) in [5.74, 6) is -0.692. The molecule has 0 aromatic heterocycles. The van der Waals surface area contributed by atoms with Gasteiger partial charge in [0.15, 0.2) is 6.10 Å². The maximum Gasteiger partial charge on any atom is 0.329 e.